The summed E-state index contributed by atoms with van der Waals surface area (Å²) in [5.74, 6) is -0.835. The van der Waals surface area contributed by atoms with Crippen molar-refractivity contribution < 1.29 is 21.6 Å². The van der Waals surface area contributed by atoms with Crippen LogP contribution in [0.5, 0.6) is 0 Å². The Bertz CT molecular complexity index is 1050. The summed E-state index contributed by atoms with van der Waals surface area (Å²) >= 11 is 1.15. The van der Waals surface area contributed by atoms with E-state index in [2.05, 4.69) is 10.0 Å². The number of anilines is 1. The zero-order chi connectivity index (χ0) is 20.4. The fourth-order valence-corrected chi connectivity index (χ4v) is 6.46. The molecule has 1 aromatic heterocycles. The number of hydrogen-bond acceptors (Lipinski definition) is 6. The van der Waals surface area contributed by atoms with Crippen LogP contribution in [0.3, 0.4) is 0 Å². The molecule has 1 atom stereocenters. The van der Waals surface area contributed by atoms with Gasteiger partial charge < -0.3 is 5.32 Å². The molecule has 1 fully saturated rings. The molecule has 8 nitrogen and oxygen atoms in total. The van der Waals surface area contributed by atoms with Crippen molar-refractivity contribution >= 4 is 43.0 Å². The molecule has 0 radical (unpaired) electrons. The minimum Gasteiger partial charge on any atom is -0.326 e. The van der Waals surface area contributed by atoms with Gasteiger partial charge in [0, 0.05) is 18.8 Å². The molecule has 2 N–H and O–H groups in total. The van der Waals surface area contributed by atoms with Crippen molar-refractivity contribution in [2.24, 2.45) is 5.92 Å². The smallest absolute Gasteiger partial charge is 0.252 e. The van der Waals surface area contributed by atoms with Crippen LogP contribution >= 0.6 is 11.3 Å². The van der Waals surface area contributed by atoms with Crippen molar-refractivity contribution in [2.75, 3.05) is 25.5 Å². The van der Waals surface area contributed by atoms with E-state index in [-0.39, 0.29) is 21.6 Å². The number of thiophene rings is 1. The molecule has 1 unspecified atom stereocenters. The quantitative estimate of drug-likeness (QED) is 0.706. The molecular formula is C17H21N3O5S3. The van der Waals surface area contributed by atoms with Crippen molar-refractivity contribution in [1.29, 1.82) is 0 Å². The highest BCUT2D eigenvalue weighted by Crippen LogP contribution is 2.27. The van der Waals surface area contributed by atoms with Gasteiger partial charge in [-0.2, -0.15) is 4.31 Å². The van der Waals surface area contributed by atoms with Crippen LogP contribution in [0.15, 0.2) is 50.9 Å². The van der Waals surface area contributed by atoms with Gasteiger partial charge in [-0.05, 0) is 49.5 Å². The molecule has 1 saturated heterocycles. The van der Waals surface area contributed by atoms with Crippen molar-refractivity contribution in [3.05, 3.63) is 41.8 Å². The number of benzene rings is 1. The molecule has 0 bridgehead atoms. The Morgan fingerprint density at radius 1 is 1.18 bits per heavy atom. The second-order valence-electron chi connectivity index (χ2n) is 6.36. The van der Waals surface area contributed by atoms with Crippen molar-refractivity contribution in [3.63, 3.8) is 0 Å². The maximum atomic E-state index is 12.7. The normalized spacial score (nSPS) is 18.7. The first kappa shape index (κ1) is 20.9. The third-order valence-electron chi connectivity index (χ3n) is 4.52. The standard InChI is InChI=1S/C17H21N3O5S3/c1-18-27(22,23)15-7-2-6-14(11-15)19-17(21)13-5-3-9-20(12-13)28(24,25)16-8-4-10-26-16/h2,4,6-8,10-11,13,18H,3,5,9,12H2,1H3,(H,19,21). The Labute approximate surface area is 168 Å². The molecule has 152 valence electrons. The number of nitrogens with zero attached hydrogens (tertiary/aromatic N) is 1. The lowest BCUT2D eigenvalue weighted by Gasteiger charge is -2.30. The molecule has 1 aliphatic rings. The number of carbonyl (C=O) groups excluding carboxylic acids is 1. The fourth-order valence-electron chi connectivity index (χ4n) is 3.02. The van der Waals surface area contributed by atoms with Crippen LogP contribution in [-0.4, -0.2) is 47.2 Å². The van der Waals surface area contributed by atoms with E-state index < -0.39 is 26.0 Å². The van der Waals surface area contributed by atoms with Gasteiger partial charge in [-0.1, -0.05) is 12.1 Å². The van der Waals surface area contributed by atoms with E-state index in [9.17, 15) is 21.6 Å². The summed E-state index contributed by atoms with van der Waals surface area (Å²) in [4.78, 5) is 12.7. The molecular weight excluding hydrogens is 422 g/mol. The van der Waals surface area contributed by atoms with Crippen molar-refractivity contribution in [2.45, 2.75) is 21.9 Å². The number of piperidine rings is 1. The minimum atomic E-state index is -3.62. The zero-order valence-corrected chi connectivity index (χ0v) is 17.6. The van der Waals surface area contributed by atoms with Gasteiger partial charge in [0.1, 0.15) is 4.21 Å². The number of sulfonamides is 2. The van der Waals surface area contributed by atoms with Gasteiger partial charge in [-0.15, -0.1) is 11.3 Å². The number of carbonyl (C=O) groups is 1. The van der Waals surface area contributed by atoms with E-state index in [0.29, 0.717) is 25.1 Å². The molecule has 2 heterocycles. The minimum absolute atomic E-state index is 0.0401. The average Bonchev–Trinajstić information content (AvgIpc) is 3.24. The summed E-state index contributed by atoms with van der Waals surface area (Å²) in [6.45, 7) is 0.473. The van der Waals surface area contributed by atoms with Crippen molar-refractivity contribution in [3.8, 4) is 0 Å². The number of hydrogen-bond donors (Lipinski definition) is 2. The van der Waals surface area contributed by atoms with Crippen LogP contribution in [-0.2, 0) is 24.8 Å². The van der Waals surface area contributed by atoms with E-state index in [1.807, 2.05) is 0 Å². The molecule has 0 aliphatic carbocycles. The highest BCUT2D eigenvalue weighted by Gasteiger charge is 2.33. The van der Waals surface area contributed by atoms with Gasteiger partial charge in [-0.3, -0.25) is 4.79 Å². The number of nitrogens with one attached hydrogen (secondary N) is 2. The molecule has 11 heteroatoms. The first-order valence-corrected chi connectivity index (χ1v) is 12.4. The monoisotopic (exact) mass is 443 g/mol. The Kier molecular flexibility index (Phi) is 6.20. The fraction of sp³-hybridized carbons (Fsp3) is 0.353. The first-order valence-electron chi connectivity index (χ1n) is 8.62. The molecule has 0 saturated carbocycles. The highest BCUT2D eigenvalue weighted by atomic mass is 32.2. The summed E-state index contributed by atoms with van der Waals surface area (Å²) < 4.78 is 53.0. The number of rotatable bonds is 6. The SMILES string of the molecule is CNS(=O)(=O)c1cccc(NC(=O)C2CCCN(S(=O)(=O)c3cccs3)C2)c1. The third kappa shape index (κ3) is 4.44. The topological polar surface area (TPSA) is 113 Å². The average molecular weight is 444 g/mol. The Morgan fingerprint density at radius 2 is 1.96 bits per heavy atom. The van der Waals surface area contributed by atoms with E-state index in [0.717, 1.165) is 11.3 Å². The lowest BCUT2D eigenvalue weighted by atomic mass is 9.99. The lowest BCUT2D eigenvalue weighted by molar-refractivity contribution is -0.120. The van der Waals surface area contributed by atoms with E-state index in [4.69, 9.17) is 0 Å². The Hall–Kier alpha value is -1.79. The van der Waals surface area contributed by atoms with E-state index >= 15 is 0 Å². The van der Waals surface area contributed by atoms with Gasteiger partial charge in [-0.25, -0.2) is 21.6 Å². The van der Waals surface area contributed by atoms with Gasteiger partial charge in [0.15, 0.2) is 0 Å². The summed E-state index contributed by atoms with van der Waals surface area (Å²) in [6.07, 6.45) is 1.15. The van der Waals surface area contributed by atoms with Gasteiger partial charge in [0.2, 0.25) is 15.9 Å². The van der Waals surface area contributed by atoms with Crippen LogP contribution in [0.2, 0.25) is 0 Å². The third-order valence-corrected chi connectivity index (χ3v) is 9.17. The highest BCUT2D eigenvalue weighted by molar-refractivity contribution is 7.91. The van der Waals surface area contributed by atoms with Crippen LogP contribution < -0.4 is 10.0 Å². The molecule has 28 heavy (non-hydrogen) atoms. The van der Waals surface area contributed by atoms with Crippen LogP contribution in [0, 0.1) is 5.92 Å². The zero-order valence-electron chi connectivity index (χ0n) is 15.2. The maximum absolute atomic E-state index is 12.7. The van der Waals surface area contributed by atoms with Crippen LogP contribution in [0.25, 0.3) is 0 Å². The predicted octanol–water partition coefficient (Wildman–Crippen LogP) is 1.70. The van der Waals surface area contributed by atoms with E-state index in [1.54, 1.807) is 23.6 Å². The first-order chi connectivity index (χ1) is 13.2. The molecule has 2 aromatic rings. The second-order valence-corrected chi connectivity index (χ2v) is 11.4. The summed E-state index contributed by atoms with van der Waals surface area (Å²) in [5.41, 5.74) is 0.347. The predicted molar refractivity (Wildman–Crippen MR) is 107 cm³/mol. The van der Waals surface area contributed by atoms with Crippen LogP contribution in [0.1, 0.15) is 12.8 Å². The van der Waals surface area contributed by atoms with Gasteiger partial charge in [0.25, 0.3) is 10.0 Å². The Balaban J connectivity index is 1.72. The molecule has 1 amide bonds. The second kappa shape index (κ2) is 8.29. The van der Waals surface area contributed by atoms with Crippen molar-refractivity contribution in [1.82, 2.24) is 9.03 Å². The van der Waals surface area contributed by atoms with E-state index in [1.165, 1.54) is 29.6 Å². The molecule has 1 aromatic carbocycles. The summed E-state index contributed by atoms with van der Waals surface area (Å²) in [7, 11) is -5.91. The summed E-state index contributed by atoms with van der Waals surface area (Å²) in [5, 5.41) is 4.41. The molecule has 0 spiro atoms. The molecule has 1 aliphatic heterocycles. The largest absolute Gasteiger partial charge is 0.326 e. The number of amides is 1. The Morgan fingerprint density at radius 3 is 2.64 bits per heavy atom. The lowest BCUT2D eigenvalue weighted by Crippen LogP contribution is -2.43. The van der Waals surface area contributed by atoms with Gasteiger partial charge >= 0.3 is 0 Å². The van der Waals surface area contributed by atoms with Crippen LogP contribution in [0.4, 0.5) is 5.69 Å². The maximum Gasteiger partial charge on any atom is 0.252 e. The van der Waals surface area contributed by atoms with Gasteiger partial charge in [0.05, 0.1) is 10.8 Å². The molecule has 3 rings (SSSR count). The summed E-state index contributed by atoms with van der Waals surface area (Å²) in [6, 6.07) is 9.16.